The fraction of sp³-hybridized carbons (Fsp3) is 0.0556. The summed E-state index contributed by atoms with van der Waals surface area (Å²) in [6.07, 6.45) is 0. The first-order chi connectivity index (χ1) is 11.6. The molecule has 6 heteroatoms. The van der Waals surface area contributed by atoms with E-state index in [1.807, 2.05) is 12.1 Å². The molecule has 3 rings (SSSR count). The zero-order valence-electron chi connectivity index (χ0n) is 12.8. The minimum atomic E-state index is -0.444. The molecular weight excluding hydrogens is 329 g/mol. The maximum atomic E-state index is 12.9. The monoisotopic (exact) mass is 343 g/mol. The number of benzene rings is 2. The third-order valence-electron chi connectivity index (χ3n) is 3.32. The van der Waals surface area contributed by atoms with Crippen LogP contribution in [0.4, 0.5) is 10.1 Å². The highest BCUT2D eigenvalue weighted by Crippen LogP contribution is 2.34. The van der Waals surface area contributed by atoms with Crippen LogP contribution in [0.5, 0.6) is 11.5 Å². The van der Waals surface area contributed by atoms with Crippen LogP contribution in [0.15, 0.2) is 54.6 Å². The number of methoxy groups -OCH3 is 1. The van der Waals surface area contributed by atoms with Crippen molar-refractivity contribution in [2.24, 2.45) is 0 Å². The van der Waals surface area contributed by atoms with Gasteiger partial charge in [-0.2, -0.15) is 0 Å². The van der Waals surface area contributed by atoms with Gasteiger partial charge in [-0.15, -0.1) is 11.3 Å². The number of hydrogen-bond donors (Lipinski definition) is 1. The van der Waals surface area contributed by atoms with Crippen LogP contribution in [0.2, 0.25) is 0 Å². The van der Waals surface area contributed by atoms with Gasteiger partial charge >= 0.3 is 5.97 Å². The Morgan fingerprint density at radius 1 is 1.04 bits per heavy atom. The van der Waals surface area contributed by atoms with Gasteiger partial charge in [0.1, 0.15) is 22.2 Å². The zero-order chi connectivity index (χ0) is 17.1. The van der Waals surface area contributed by atoms with Crippen LogP contribution in [0.1, 0.15) is 9.67 Å². The Morgan fingerprint density at radius 2 is 1.62 bits per heavy atom. The lowest BCUT2D eigenvalue weighted by Gasteiger charge is -2.06. The minimum Gasteiger partial charge on any atom is -0.465 e. The van der Waals surface area contributed by atoms with Crippen molar-refractivity contribution in [2.45, 2.75) is 0 Å². The van der Waals surface area contributed by atoms with Crippen molar-refractivity contribution >= 4 is 23.0 Å². The summed E-state index contributed by atoms with van der Waals surface area (Å²) in [4.78, 5) is 12.9. The summed E-state index contributed by atoms with van der Waals surface area (Å²) in [5.41, 5.74) is 7.16. The molecule has 2 N–H and O–H groups in total. The number of carbonyl (C=O) groups is 1. The van der Waals surface area contributed by atoms with Crippen LogP contribution in [-0.2, 0) is 4.74 Å². The highest BCUT2D eigenvalue weighted by atomic mass is 32.1. The topological polar surface area (TPSA) is 61.5 Å². The summed E-state index contributed by atoms with van der Waals surface area (Å²) in [7, 11) is 1.32. The van der Waals surface area contributed by atoms with E-state index in [1.54, 1.807) is 30.3 Å². The Morgan fingerprint density at radius 3 is 2.21 bits per heavy atom. The summed E-state index contributed by atoms with van der Waals surface area (Å²) >= 11 is 1.27. The molecule has 0 aliphatic carbocycles. The Kier molecular flexibility index (Phi) is 4.48. The lowest BCUT2D eigenvalue weighted by atomic mass is 10.2. The Balaban J connectivity index is 1.79. The van der Waals surface area contributed by atoms with Crippen molar-refractivity contribution in [3.05, 3.63) is 65.3 Å². The maximum absolute atomic E-state index is 12.9. The van der Waals surface area contributed by atoms with Gasteiger partial charge in [-0.25, -0.2) is 9.18 Å². The van der Waals surface area contributed by atoms with E-state index in [1.165, 1.54) is 30.6 Å². The molecule has 0 aliphatic heterocycles. The predicted octanol–water partition coefficient (Wildman–Crippen LogP) is 4.72. The average Bonchev–Trinajstić information content (AvgIpc) is 2.99. The second-order valence-electron chi connectivity index (χ2n) is 4.97. The Hall–Kier alpha value is -2.86. The smallest absolute Gasteiger partial charge is 0.350 e. The van der Waals surface area contributed by atoms with E-state index in [9.17, 15) is 9.18 Å². The molecule has 1 aromatic heterocycles. The molecule has 0 bridgehead atoms. The summed E-state index contributed by atoms with van der Waals surface area (Å²) in [5.74, 6) is 0.426. The molecule has 4 nitrogen and oxygen atoms in total. The Bertz CT molecular complexity index is 857. The first kappa shape index (κ1) is 16.0. The number of nitrogen functional groups attached to an aromatic ring is 1. The number of rotatable bonds is 4. The summed E-state index contributed by atoms with van der Waals surface area (Å²) in [6.45, 7) is 0. The number of thiophene rings is 1. The van der Waals surface area contributed by atoms with E-state index < -0.39 is 5.97 Å². The van der Waals surface area contributed by atoms with E-state index in [0.717, 1.165) is 10.4 Å². The molecule has 2 aromatic carbocycles. The molecule has 24 heavy (non-hydrogen) atoms. The first-order valence-electron chi connectivity index (χ1n) is 7.08. The third kappa shape index (κ3) is 3.38. The molecule has 0 saturated carbocycles. The number of carbonyl (C=O) groups excluding carboxylic acids is 1. The van der Waals surface area contributed by atoms with Gasteiger partial charge < -0.3 is 15.2 Å². The van der Waals surface area contributed by atoms with Gasteiger partial charge in [0.2, 0.25) is 0 Å². The number of hydrogen-bond acceptors (Lipinski definition) is 5. The van der Waals surface area contributed by atoms with Gasteiger partial charge in [0.25, 0.3) is 0 Å². The third-order valence-corrected chi connectivity index (χ3v) is 4.50. The molecule has 0 aliphatic rings. The number of halogens is 1. The SMILES string of the molecule is COC(=O)c1sc(-c2ccc(Oc3ccc(F)cc3)cc2)cc1N. The Labute approximate surface area is 142 Å². The van der Waals surface area contributed by atoms with Gasteiger partial charge in [-0.1, -0.05) is 0 Å². The van der Waals surface area contributed by atoms with Crippen molar-refractivity contribution < 1.29 is 18.7 Å². The second-order valence-corrected chi connectivity index (χ2v) is 6.02. The summed E-state index contributed by atoms with van der Waals surface area (Å²) in [5, 5.41) is 0. The minimum absolute atomic E-state index is 0.311. The summed E-state index contributed by atoms with van der Waals surface area (Å²) in [6, 6.07) is 14.9. The maximum Gasteiger partial charge on any atom is 0.350 e. The van der Waals surface area contributed by atoms with E-state index in [0.29, 0.717) is 22.1 Å². The normalized spacial score (nSPS) is 10.4. The quantitative estimate of drug-likeness (QED) is 0.697. The first-order valence-corrected chi connectivity index (χ1v) is 7.90. The fourth-order valence-electron chi connectivity index (χ4n) is 2.13. The van der Waals surface area contributed by atoms with E-state index in [2.05, 4.69) is 0 Å². The predicted molar refractivity (Wildman–Crippen MR) is 92.0 cm³/mol. The average molecular weight is 343 g/mol. The molecule has 0 radical (unpaired) electrons. The van der Waals surface area contributed by atoms with E-state index >= 15 is 0 Å². The molecule has 0 amide bonds. The lowest BCUT2D eigenvalue weighted by molar-refractivity contribution is 0.0607. The number of anilines is 1. The van der Waals surface area contributed by atoms with Gasteiger partial charge in [0, 0.05) is 4.88 Å². The lowest BCUT2D eigenvalue weighted by Crippen LogP contribution is -2.00. The van der Waals surface area contributed by atoms with Crippen LogP contribution in [-0.4, -0.2) is 13.1 Å². The van der Waals surface area contributed by atoms with Crippen LogP contribution >= 0.6 is 11.3 Å². The van der Waals surface area contributed by atoms with Crippen molar-refractivity contribution in [3.8, 4) is 21.9 Å². The molecule has 122 valence electrons. The van der Waals surface area contributed by atoms with Crippen LogP contribution in [0.3, 0.4) is 0 Å². The highest BCUT2D eigenvalue weighted by molar-refractivity contribution is 7.18. The largest absolute Gasteiger partial charge is 0.465 e. The number of ether oxygens (including phenoxy) is 2. The molecule has 0 spiro atoms. The van der Waals surface area contributed by atoms with Crippen molar-refractivity contribution in [1.29, 1.82) is 0 Å². The summed E-state index contributed by atoms with van der Waals surface area (Å²) < 4.78 is 23.2. The molecule has 1 heterocycles. The van der Waals surface area contributed by atoms with Crippen molar-refractivity contribution in [3.63, 3.8) is 0 Å². The molecule has 3 aromatic rings. The van der Waals surface area contributed by atoms with Crippen LogP contribution in [0.25, 0.3) is 10.4 Å². The zero-order valence-corrected chi connectivity index (χ0v) is 13.6. The molecule has 0 atom stereocenters. The van der Waals surface area contributed by atoms with Crippen LogP contribution in [0, 0.1) is 5.82 Å². The molecule has 0 fully saturated rings. The standard InChI is InChI=1S/C18H14FNO3S/c1-22-18(21)17-15(20)10-16(24-17)11-2-6-13(7-3-11)23-14-8-4-12(19)5-9-14/h2-10H,20H2,1H3. The van der Waals surface area contributed by atoms with Gasteiger partial charge in [0.05, 0.1) is 12.8 Å². The highest BCUT2D eigenvalue weighted by Gasteiger charge is 2.15. The molecular formula is C18H14FNO3S. The molecule has 0 unspecified atom stereocenters. The van der Waals surface area contributed by atoms with Crippen molar-refractivity contribution in [2.75, 3.05) is 12.8 Å². The van der Waals surface area contributed by atoms with Crippen molar-refractivity contribution in [1.82, 2.24) is 0 Å². The second kappa shape index (κ2) is 6.72. The number of nitrogens with two attached hydrogens (primary N) is 1. The van der Waals surface area contributed by atoms with Gasteiger partial charge in [0.15, 0.2) is 0 Å². The van der Waals surface area contributed by atoms with E-state index in [4.69, 9.17) is 15.2 Å². The fourth-order valence-corrected chi connectivity index (χ4v) is 3.13. The van der Waals surface area contributed by atoms with Crippen LogP contribution < -0.4 is 10.5 Å². The van der Waals surface area contributed by atoms with Gasteiger partial charge in [-0.3, -0.25) is 0 Å². The van der Waals surface area contributed by atoms with Gasteiger partial charge in [-0.05, 0) is 60.2 Å². The number of esters is 1. The molecule has 0 saturated heterocycles. The van der Waals surface area contributed by atoms with E-state index in [-0.39, 0.29) is 5.82 Å².